The van der Waals surface area contributed by atoms with Gasteiger partial charge in [-0.15, -0.1) is 6.58 Å². The number of thiol groups is 1. The lowest BCUT2D eigenvalue weighted by atomic mass is 10.6. The first-order valence-corrected chi connectivity index (χ1v) is 3.44. The number of rotatable bonds is 3. The highest BCUT2D eigenvalue weighted by Crippen LogP contribution is 2.05. The van der Waals surface area contributed by atoms with Crippen LogP contribution in [0.25, 0.3) is 0 Å². The Morgan fingerprint density at radius 1 is 1.55 bits per heavy atom. The molecule has 0 aliphatic rings. The van der Waals surface area contributed by atoms with Gasteiger partial charge in [0.1, 0.15) is 12.7 Å². The smallest absolute Gasteiger partial charge is 0.238 e. The molecule has 1 aromatic rings. The second kappa shape index (κ2) is 3.92. The second-order valence-corrected chi connectivity index (χ2v) is 2.29. The predicted octanol–water partition coefficient (Wildman–Crippen LogP) is 0.709. The van der Waals surface area contributed by atoms with Gasteiger partial charge < -0.3 is 0 Å². The van der Waals surface area contributed by atoms with Gasteiger partial charge in [-0.2, -0.15) is 0 Å². The van der Waals surface area contributed by atoms with Crippen molar-refractivity contribution in [2.24, 2.45) is 0 Å². The first-order valence-electron chi connectivity index (χ1n) is 3.04. The first-order chi connectivity index (χ1) is 5.34. The summed E-state index contributed by atoms with van der Waals surface area (Å²) in [6.07, 6.45) is 4.57. The highest BCUT2D eigenvalue weighted by Gasteiger charge is 1.99. The fourth-order valence-corrected chi connectivity index (χ4v) is 0.789. The lowest BCUT2D eigenvalue weighted by Crippen LogP contribution is -2.12. The molecule has 0 unspecified atom stereocenters. The summed E-state index contributed by atoms with van der Waals surface area (Å²) >= 11 is 4.11. The molecule has 0 radical (unpaired) electrons. The molecule has 0 aliphatic heterocycles. The van der Waals surface area contributed by atoms with Gasteiger partial charge in [0.05, 0.1) is 6.54 Å². The third kappa shape index (κ3) is 2.19. The SMILES string of the molecule is C=CCN(S)c1ncncn1. The summed E-state index contributed by atoms with van der Waals surface area (Å²) < 4.78 is 1.58. The summed E-state index contributed by atoms with van der Waals surface area (Å²) in [5, 5.41) is 0. The molecule has 0 spiro atoms. The molecule has 0 atom stereocenters. The van der Waals surface area contributed by atoms with Crippen molar-refractivity contribution in [3.63, 3.8) is 0 Å². The van der Waals surface area contributed by atoms with Gasteiger partial charge in [-0.1, -0.05) is 18.9 Å². The third-order valence-electron chi connectivity index (χ3n) is 1.01. The number of hydrogen-bond donors (Lipinski definition) is 1. The topological polar surface area (TPSA) is 41.9 Å². The van der Waals surface area contributed by atoms with Gasteiger partial charge in [0, 0.05) is 0 Å². The summed E-state index contributed by atoms with van der Waals surface area (Å²) in [4.78, 5) is 11.4. The Kier molecular flexibility index (Phi) is 2.85. The molecule has 0 aliphatic carbocycles. The minimum atomic E-state index is 0.531. The lowest BCUT2D eigenvalue weighted by molar-refractivity contribution is 0.997. The predicted molar refractivity (Wildman–Crippen MR) is 46.4 cm³/mol. The van der Waals surface area contributed by atoms with Gasteiger partial charge >= 0.3 is 0 Å². The van der Waals surface area contributed by atoms with Crippen LogP contribution >= 0.6 is 12.8 Å². The fraction of sp³-hybridized carbons (Fsp3) is 0.167. The van der Waals surface area contributed by atoms with E-state index in [-0.39, 0.29) is 0 Å². The average molecular weight is 168 g/mol. The van der Waals surface area contributed by atoms with E-state index in [0.29, 0.717) is 12.5 Å². The fourth-order valence-electron chi connectivity index (χ4n) is 0.570. The molecule has 5 heteroatoms. The van der Waals surface area contributed by atoms with E-state index in [1.807, 2.05) is 0 Å². The first kappa shape index (κ1) is 8.00. The van der Waals surface area contributed by atoms with E-state index in [0.717, 1.165) is 0 Å². The zero-order chi connectivity index (χ0) is 8.10. The van der Waals surface area contributed by atoms with E-state index in [4.69, 9.17) is 0 Å². The molecular formula is C6H8N4S. The van der Waals surface area contributed by atoms with Crippen LogP contribution in [0.4, 0.5) is 5.95 Å². The molecule has 0 bridgehead atoms. The molecule has 0 fully saturated rings. The Labute approximate surface area is 70.5 Å². The normalized spacial score (nSPS) is 9.18. The van der Waals surface area contributed by atoms with E-state index in [9.17, 15) is 0 Å². The largest absolute Gasteiger partial charge is 0.283 e. The lowest BCUT2D eigenvalue weighted by Gasteiger charge is -2.10. The Bertz CT molecular complexity index is 225. The van der Waals surface area contributed by atoms with E-state index in [1.165, 1.54) is 12.7 Å². The van der Waals surface area contributed by atoms with Gasteiger partial charge in [0.15, 0.2) is 0 Å². The Hall–Kier alpha value is -1.10. The molecule has 1 aromatic heterocycles. The van der Waals surface area contributed by atoms with Gasteiger partial charge in [0.25, 0.3) is 0 Å². The van der Waals surface area contributed by atoms with Crippen molar-refractivity contribution in [2.75, 3.05) is 10.8 Å². The van der Waals surface area contributed by atoms with Crippen LogP contribution in [0, 0.1) is 0 Å². The average Bonchev–Trinajstić information content (AvgIpc) is 2.07. The zero-order valence-electron chi connectivity index (χ0n) is 5.88. The summed E-state index contributed by atoms with van der Waals surface area (Å²) in [6, 6.07) is 0. The second-order valence-electron chi connectivity index (χ2n) is 1.81. The van der Waals surface area contributed by atoms with Crippen molar-refractivity contribution in [3.05, 3.63) is 25.3 Å². The van der Waals surface area contributed by atoms with Gasteiger partial charge in [-0.25, -0.2) is 15.0 Å². The van der Waals surface area contributed by atoms with E-state index < -0.39 is 0 Å². The van der Waals surface area contributed by atoms with Crippen LogP contribution in [0.5, 0.6) is 0 Å². The van der Waals surface area contributed by atoms with E-state index in [2.05, 4.69) is 34.3 Å². The molecular weight excluding hydrogens is 160 g/mol. The maximum atomic E-state index is 4.11. The van der Waals surface area contributed by atoms with Crippen LogP contribution in [0.2, 0.25) is 0 Å². The van der Waals surface area contributed by atoms with E-state index in [1.54, 1.807) is 10.4 Å². The maximum Gasteiger partial charge on any atom is 0.238 e. The monoisotopic (exact) mass is 168 g/mol. The minimum absolute atomic E-state index is 0.531. The van der Waals surface area contributed by atoms with Crippen LogP contribution in [0.1, 0.15) is 0 Å². The third-order valence-corrected chi connectivity index (χ3v) is 1.35. The summed E-state index contributed by atoms with van der Waals surface area (Å²) in [5.41, 5.74) is 0. The summed E-state index contributed by atoms with van der Waals surface area (Å²) in [6.45, 7) is 4.17. The summed E-state index contributed by atoms with van der Waals surface area (Å²) in [5.74, 6) is 0.531. The van der Waals surface area contributed by atoms with Crippen LogP contribution in [-0.4, -0.2) is 21.5 Å². The van der Waals surface area contributed by atoms with E-state index >= 15 is 0 Å². The molecule has 58 valence electrons. The molecule has 0 amide bonds. The molecule has 1 rings (SSSR count). The molecule has 4 nitrogen and oxygen atoms in total. The number of nitrogens with zero attached hydrogens (tertiary/aromatic N) is 4. The Balaban J connectivity index is 2.68. The molecule has 0 aromatic carbocycles. The Morgan fingerprint density at radius 2 is 2.18 bits per heavy atom. The highest BCUT2D eigenvalue weighted by atomic mass is 32.1. The van der Waals surface area contributed by atoms with Crippen LogP contribution < -0.4 is 4.31 Å². The number of anilines is 1. The van der Waals surface area contributed by atoms with Crippen molar-refractivity contribution in [2.45, 2.75) is 0 Å². The van der Waals surface area contributed by atoms with Crippen LogP contribution in [0.3, 0.4) is 0 Å². The highest BCUT2D eigenvalue weighted by molar-refractivity contribution is 7.81. The quantitative estimate of drug-likeness (QED) is 0.533. The van der Waals surface area contributed by atoms with Crippen molar-refractivity contribution >= 4 is 18.8 Å². The van der Waals surface area contributed by atoms with Crippen molar-refractivity contribution < 1.29 is 0 Å². The zero-order valence-corrected chi connectivity index (χ0v) is 6.78. The maximum absolute atomic E-state index is 4.11. The van der Waals surface area contributed by atoms with Crippen molar-refractivity contribution in [3.8, 4) is 0 Å². The number of hydrogen-bond acceptors (Lipinski definition) is 5. The Morgan fingerprint density at radius 3 is 2.73 bits per heavy atom. The van der Waals surface area contributed by atoms with Gasteiger partial charge in [0.2, 0.25) is 5.95 Å². The van der Waals surface area contributed by atoms with Crippen molar-refractivity contribution in [1.29, 1.82) is 0 Å². The standard InChI is InChI=1S/C6H8N4S/c1-2-3-10(11)6-8-4-7-5-9-6/h2,4-5,11H,1,3H2. The number of aromatic nitrogens is 3. The molecule has 0 saturated carbocycles. The molecule has 1 heterocycles. The molecule has 0 N–H and O–H groups in total. The van der Waals surface area contributed by atoms with Crippen molar-refractivity contribution in [1.82, 2.24) is 15.0 Å². The van der Waals surface area contributed by atoms with Crippen LogP contribution in [-0.2, 0) is 0 Å². The minimum Gasteiger partial charge on any atom is -0.283 e. The van der Waals surface area contributed by atoms with Gasteiger partial charge in [-0.3, -0.25) is 4.31 Å². The van der Waals surface area contributed by atoms with Crippen LogP contribution in [0.15, 0.2) is 25.3 Å². The molecule has 0 saturated heterocycles. The molecule has 11 heavy (non-hydrogen) atoms. The van der Waals surface area contributed by atoms with Gasteiger partial charge in [-0.05, 0) is 0 Å². The summed E-state index contributed by atoms with van der Waals surface area (Å²) in [7, 11) is 0.